The molecule has 0 amide bonds. The molecule has 1 fully saturated rings. The van der Waals surface area contributed by atoms with Crippen LogP contribution in [0.2, 0.25) is 0 Å². The SMILES string of the molecule is CN(Cc1ccccc1)c1ncc(CN2CCN(c3ccccc3F)CC2)c2nc(-c3ccco3)nn12. The van der Waals surface area contributed by atoms with Gasteiger partial charge in [0, 0.05) is 58.1 Å². The zero-order valence-corrected chi connectivity index (χ0v) is 20.7. The molecule has 6 rings (SSSR count). The van der Waals surface area contributed by atoms with Crippen LogP contribution < -0.4 is 9.80 Å². The number of aromatic nitrogens is 4. The Morgan fingerprint density at radius 1 is 0.946 bits per heavy atom. The maximum absolute atomic E-state index is 14.3. The van der Waals surface area contributed by atoms with Gasteiger partial charge >= 0.3 is 0 Å². The van der Waals surface area contributed by atoms with Crippen molar-refractivity contribution in [2.75, 3.05) is 43.0 Å². The van der Waals surface area contributed by atoms with E-state index < -0.39 is 0 Å². The highest BCUT2D eigenvalue weighted by atomic mass is 19.1. The van der Waals surface area contributed by atoms with Crippen LogP contribution in [0, 0.1) is 5.82 Å². The topological polar surface area (TPSA) is 65.9 Å². The molecule has 0 saturated carbocycles. The predicted octanol–water partition coefficient (Wildman–Crippen LogP) is 4.48. The molecule has 2 aromatic carbocycles. The second-order valence-corrected chi connectivity index (χ2v) is 9.29. The summed E-state index contributed by atoms with van der Waals surface area (Å²) in [6.07, 6.45) is 3.52. The van der Waals surface area contributed by atoms with E-state index in [0.717, 1.165) is 37.4 Å². The fraction of sp³-hybridized carbons (Fsp3) is 0.250. The molecule has 5 aromatic rings. The Bertz CT molecular complexity index is 1480. The van der Waals surface area contributed by atoms with Crippen LogP contribution in [-0.2, 0) is 13.1 Å². The number of hydrogen-bond acceptors (Lipinski definition) is 7. The van der Waals surface area contributed by atoms with Crippen molar-refractivity contribution in [1.82, 2.24) is 24.5 Å². The number of para-hydroxylation sites is 1. The van der Waals surface area contributed by atoms with E-state index >= 15 is 0 Å². The highest BCUT2D eigenvalue weighted by Gasteiger charge is 2.23. The van der Waals surface area contributed by atoms with E-state index in [9.17, 15) is 4.39 Å². The number of piperazine rings is 1. The predicted molar refractivity (Wildman–Crippen MR) is 141 cm³/mol. The first-order valence-corrected chi connectivity index (χ1v) is 12.4. The summed E-state index contributed by atoms with van der Waals surface area (Å²) < 4.78 is 21.6. The fourth-order valence-corrected chi connectivity index (χ4v) is 4.81. The lowest BCUT2D eigenvalue weighted by molar-refractivity contribution is 0.249. The largest absolute Gasteiger partial charge is 0.461 e. The standard InChI is InChI=1S/C28H28FN7O/c1-33(19-21-8-3-2-4-9-21)28-30-18-22(27-31-26(32-36(27)28)25-12-7-17-37-25)20-34-13-15-35(16-14-34)24-11-6-5-10-23(24)29/h2-12,17-18H,13-16,19-20H2,1H3. The summed E-state index contributed by atoms with van der Waals surface area (Å²) in [5.41, 5.74) is 3.59. The summed E-state index contributed by atoms with van der Waals surface area (Å²) in [7, 11) is 2.00. The van der Waals surface area contributed by atoms with E-state index in [2.05, 4.69) is 26.8 Å². The minimum atomic E-state index is -0.175. The number of fused-ring (bicyclic) bond motifs is 1. The van der Waals surface area contributed by atoms with E-state index in [4.69, 9.17) is 19.5 Å². The smallest absolute Gasteiger partial charge is 0.228 e. The zero-order valence-electron chi connectivity index (χ0n) is 20.7. The van der Waals surface area contributed by atoms with Gasteiger partial charge in [0.1, 0.15) is 5.82 Å². The molecule has 0 aliphatic carbocycles. The zero-order chi connectivity index (χ0) is 25.2. The minimum absolute atomic E-state index is 0.175. The van der Waals surface area contributed by atoms with Crippen molar-refractivity contribution in [2.45, 2.75) is 13.1 Å². The average Bonchev–Trinajstić information content (AvgIpc) is 3.61. The lowest BCUT2D eigenvalue weighted by Gasteiger charge is -2.36. The van der Waals surface area contributed by atoms with Crippen molar-refractivity contribution in [2.24, 2.45) is 0 Å². The third-order valence-electron chi connectivity index (χ3n) is 6.72. The Kier molecular flexibility index (Phi) is 6.28. The molecule has 1 aliphatic rings. The van der Waals surface area contributed by atoms with Crippen molar-refractivity contribution in [3.63, 3.8) is 0 Å². The molecule has 0 unspecified atom stereocenters. The van der Waals surface area contributed by atoms with Gasteiger partial charge in [0.2, 0.25) is 11.8 Å². The van der Waals surface area contributed by atoms with Gasteiger partial charge in [0.05, 0.1) is 12.0 Å². The number of hydrogen-bond donors (Lipinski definition) is 0. The van der Waals surface area contributed by atoms with E-state index in [0.29, 0.717) is 36.3 Å². The molecule has 4 heterocycles. The van der Waals surface area contributed by atoms with E-state index in [1.54, 1.807) is 12.3 Å². The van der Waals surface area contributed by atoms with Crippen LogP contribution in [0.4, 0.5) is 16.0 Å². The molecule has 0 spiro atoms. The van der Waals surface area contributed by atoms with Gasteiger partial charge in [-0.15, -0.1) is 5.10 Å². The molecule has 0 N–H and O–H groups in total. The Labute approximate surface area is 214 Å². The van der Waals surface area contributed by atoms with E-state index in [-0.39, 0.29) is 5.82 Å². The molecule has 188 valence electrons. The van der Waals surface area contributed by atoms with Gasteiger partial charge in [-0.1, -0.05) is 42.5 Å². The minimum Gasteiger partial charge on any atom is -0.461 e. The Balaban J connectivity index is 1.26. The highest BCUT2D eigenvalue weighted by molar-refractivity contribution is 5.58. The van der Waals surface area contributed by atoms with Crippen molar-refractivity contribution in [1.29, 1.82) is 0 Å². The summed E-state index contributed by atoms with van der Waals surface area (Å²) >= 11 is 0. The summed E-state index contributed by atoms with van der Waals surface area (Å²) in [4.78, 5) is 16.2. The molecule has 0 bridgehead atoms. The van der Waals surface area contributed by atoms with Crippen LogP contribution in [0.3, 0.4) is 0 Å². The van der Waals surface area contributed by atoms with Gasteiger partial charge in [-0.3, -0.25) is 4.90 Å². The first kappa shape index (κ1) is 23.2. The monoisotopic (exact) mass is 497 g/mol. The van der Waals surface area contributed by atoms with Crippen LogP contribution in [0.25, 0.3) is 17.2 Å². The number of furan rings is 1. The summed E-state index contributed by atoms with van der Waals surface area (Å²) in [6, 6.07) is 20.9. The third-order valence-corrected chi connectivity index (χ3v) is 6.72. The second kappa shape index (κ2) is 10.0. The highest BCUT2D eigenvalue weighted by Crippen LogP contribution is 2.25. The number of rotatable bonds is 7. The van der Waals surface area contributed by atoms with Crippen LogP contribution in [0.1, 0.15) is 11.1 Å². The van der Waals surface area contributed by atoms with Crippen LogP contribution in [0.15, 0.2) is 83.6 Å². The van der Waals surface area contributed by atoms with Gasteiger partial charge in [0.25, 0.3) is 0 Å². The van der Waals surface area contributed by atoms with Crippen molar-refractivity contribution < 1.29 is 8.81 Å². The lowest BCUT2D eigenvalue weighted by Crippen LogP contribution is -2.46. The fourth-order valence-electron chi connectivity index (χ4n) is 4.81. The van der Waals surface area contributed by atoms with Gasteiger partial charge in [-0.2, -0.15) is 4.52 Å². The summed E-state index contributed by atoms with van der Waals surface area (Å²) in [6.45, 7) is 4.52. The van der Waals surface area contributed by atoms with Gasteiger partial charge in [-0.25, -0.2) is 14.4 Å². The molecule has 8 nitrogen and oxygen atoms in total. The summed E-state index contributed by atoms with van der Waals surface area (Å²) in [5, 5.41) is 4.77. The molecule has 0 radical (unpaired) electrons. The second-order valence-electron chi connectivity index (χ2n) is 9.29. The molecule has 9 heteroatoms. The van der Waals surface area contributed by atoms with Crippen molar-refractivity contribution in [3.05, 3.63) is 96.1 Å². The number of anilines is 2. The van der Waals surface area contributed by atoms with Gasteiger partial charge in [0.15, 0.2) is 11.4 Å². The Hall–Kier alpha value is -4.24. The van der Waals surface area contributed by atoms with Crippen LogP contribution in [0.5, 0.6) is 0 Å². The van der Waals surface area contributed by atoms with Crippen LogP contribution >= 0.6 is 0 Å². The number of halogens is 1. The van der Waals surface area contributed by atoms with Crippen molar-refractivity contribution >= 4 is 17.3 Å². The molecule has 3 aromatic heterocycles. The third kappa shape index (κ3) is 4.77. The normalized spacial score (nSPS) is 14.4. The number of nitrogens with zero attached hydrogens (tertiary/aromatic N) is 7. The molecule has 37 heavy (non-hydrogen) atoms. The van der Waals surface area contributed by atoms with E-state index in [1.165, 1.54) is 11.6 Å². The molecular weight excluding hydrogens is 469 g/mol. The first-order valence-electron chi connectivity index (χ1n) is 12.4. The first-order chi connectivity index (χ1) is 18.2. The van der Waals surface area contributed by atoms with Crippen LogP contribution in [-0.4, -0.2) is 57.7 Å². The number of benzene rings is 2. The quantitative estimate of drug-likeness (QED) is 0.328. The maximum Gasteiger partial charge on any atom is 0.228 e. The van der Waals surface area contributed by atoms with Gasteiger partial charge < -0.3 is 14.2 Å². The van der Waals surface area contributed by atoms with Crippen molar-refractivity contribution in [3.8, 4) is 11.6 Å². The molecule has 0 atom stereocenters. The molecule has 1 aliphatic heterocycles. The van der Waals surface area contributed by atoms with Gasteiger partial charge in [-0.05, 0) is 29.8 Å². The lowest BCUT2D eigenvalue weighted by atomic mass is 10.2. The molecule has 1 saturated heterocycles. The molecular formula is C28H28FN7O. The van der Waals surface area contributed by atoms with E-state index in [1.807, 2.05) is 60.2 Å². The summed E-state index contributed by atoms with van der Waals surface area (Å²) in [5.74, 6) is 1.67. The Morgan fingerprint density at radius 3 is 2.49 bits per heavy atom. The average molecular weight is 498 g/mol. The maximum atomic E-state index is 14.3. The Morgan fingerprint density at radius 2 is 1.73 bits per heavy atom.